The number of hydrogen-bond donors (Lipinski definition) is 0. The zero-order valence-corrected chi connectivity index (χ0v) is 63.1. The van der Waals surface area contributed by atoms with Crippen molar-refractivity contribution in [2.75, 3.05) is 9.80 Å². The van der Waals surface area contributed by atoms with E-state index < -0.39 is 24.2 Å². The minimum atomic E-state index is -3.21. The molecular formula is C102H74BN3Si3. The molecule has 0 amide bonds. The van der Waals surface area contributed by atoms with E-state index in [0.717, 1.165) is 62.0 Å². The molecule has 3 nitrogen and oxygen atoms in total. The van der Waals surface area contributed by atoms with E-state index in [0.29, 0.717) is 0 Å². The van der Waals surface area contributed by atoms with Crippen LogP contribution in [-0.4, -0.2) is 35.5 Å². The predicted molar refractivity (Wildman–Crippen MR) is 471 cm³/mol. The molecular weight excluding hydrogens is 1360 g/mol. The van der Waals surface area contributed by atoms with Gasteiger partial charge in [0.25, 0.3) is 6.71 Å². The van der Waals surface area contributed by atoms with Crippen LogP contribution in [0.3, 0.4) is 0 Å². The van der Waals surface area contributed by atoms with Crippen LogP contribution in [-0.2, 0) is 0 Å². The minimum Gasteiger partial charge on any atom is -0.311 e. The predicted octanol–water partition coefficient (Wildman–Crippen LogP) is 14.7. The van der Waals surface area contributed by atoms with Crippen molar-refractivity contribution in [3.63, 3.8) is 0 Å². The highest BCUT2D eigenvalue weighted by Gasteiger charge is 2.50. The fourth-order valence-electron chi connectivity index (χ4n) is 18.9. The molecule has 512 valence electrons. The summed E-state index contributed by atoms with van der Waals surface area (Å²) < 4.78 is 2.55. The van der Waals surface area contributed by atoms with Crippen molar-refractivity contribution in [3.05, 3.63) is 449 Å². The van der Waals surface area contributed by atoms with E-state index in [1.807, 2.05) is 0 Å². The third-order valence-electron chi connectivity index (χ3n) is 23.4. The quantitative estimate of drug-likeness (QED) is 0.0706. The van der Waals surface area contributed by atoms with Gasteiger partial charge in [0.2, 0.25) is 0 Å². The average molecular weight is 1440 g/mol. The summed E-state index contributed by atoms with van der Waals surface area (Å²) in [5.41, 5.74) is 16.1. The van der Waals surface area contributed by atoms with E-state index in [-0.39, 0.29) is 6.71 Å². The number of fused-ring (bicyclic) bond motifs is 7. The molecule has 0 fully saturated rings. The first-order valence-corrected chi connectivity index (χ1v) is 43.9. The lowest BCUT2D eigenvalue weighted by atomic mass is 9.33. The van der Waals surface area contributed by atoms with Crippen LogP contribution in [0.25, 0.3) is 38.6 Å². The van der Waals surface area contributed by atoms with Gasteiger partial charge in [0.15, 0.2) is 24.2 Å². The second kappa shape index (κ2) is 27.3. The van der Waals surface area contributed by atoms with Gasteiger partial charge in [-0.25, -0.2) is 0 Å². The van der Waals surface area contributed by atoms with Crippen molar-refractivity contribution in [2.24, 2.45) is 0 Å². The van der Waals surface area contributed by atoms with Crippen LogP contribution in [0.1, 0.15) is 0 Å². The molecule has 0 N–H and O–H groups in total. The molecule has 2 aliphatic rings. The maximum absolute atomic E-state index is 3.21. The molecule has 0 bridgehead atoms. The largest absolute Gasteiger partial charge is 0.311 e. The van der Waals surface area contributed by atoms with Crippen LogP contribution in [0, 0.1) is 0 Å². The number of hydrogen-bond acceptors (Lipinski definition) is 2. The van der Waals surface area contributed by atoms with Crippen LogP contribution >= 0.6 is 0 Å². The van der Waals surface area contributed by atoms with Crippen LogP contribution in [0.2, 0.25) is 0 Å². The minimum absolute atomic E-state index is 0.257. The van der Waals surface area contributed by atoms with Gasteiger partial charge in [-0.15, -0.1) is 0 Å². The molecule has 0 unspecified atom stereocenters. The normalized spacial score (nSPS) is 12.5. The highest BCUT2D eigenvalue weighted by Crippen LogP contribution is 2.47. The van der Waals surface area contributed by atoms with Gasteiger partial charge in [-0.2, -0.15) is 0 Å². The Kier molecular flexibility index (Phi) is 16.4. The standard InChI is InChI=1S/C102H74BN3Si3/c1-11-37-75(38-12-1)76-39-35-40-77(69-76)104-98-73-90(108(83-48-19-5-20-49-83,84-50-21-6-22-51-84)85-52-23-7-24-53-85)65-67-94(98)103-95-68-66-91(109(86-54-25-8-26-55-86,87-56-27-9-28-57-87)88-58-29-10-30-59-88)74-99(95)105(101-72-79(71-100(104)102(101)103)106-96-63-33-31-61-92(96)93-62-32-34-64-97(93)106)78-41-36-60-89(70-78)107(80-42-13-2-14-43-80,81-44-15-3-16-45-81)82-46-17-4-18-47-82/h1-74H. The Labute approximate surface area is 641 Å². The Bertz CT molecular complexity index is 6010. The first kappa shape index (κ1) is 65.4. The lowest BCUT2D eigenvalue weighted by molar-refractivity contribution is 1.16. The molecule has 17 aromatic carbocycles. The van der Waals surface area contributed by atoms with E-state index in [4.69, 9.17) is 0 Å². The molecule has 109 heavy (non-hydrogen) atoms. The van der Waals surface area contributed by atoms with Crippen LogP contribution < -0.4 is 88.4 Å². The summed E-state index contributed by atoms with van der Waals surface area (Å²) in [5.74, 6) is 0. The van der Waals surface area contributed by atoms with E-state index in [1.165, 1.54) is 89.4 Å². The maximum Gasteiger partial charge on any atom is 0.252 e. The Morgan fingerprint density at radius 3 is 0.807 bits per heavy atom. The lowest BCUT2D eigenvalue weighted by Gasteiger charge is -2.46. The lowest BCUT2D eigenvalue weighted by Crippen LogP contribution is -2.75. The smallest absolute Gasteiger partial charge is 0.252 e. The van der Waals surface area contributed by atoms with Crippen molar-refractivity contribution < 1.29 is 0 Å². The Morgan fingerprint density at radius 1 is 0.183 bits per heavy atom. The Balaban J connectivity index is 0.958. The van der Waals surface area contributed by atoms with E-state index in [2.05, 4.69) is 463 Å². The summed E-state index contributed by atoms with van der Waals surface area (Å²) in [5, 5.41) is 18.2. The first-order valence-electron chi connectivity index (χ1n) is 37.9. The average Bonchev–Trinajstić information content (AvgIpc) is 1.02. The van der Waals surface area contributed by atoms with Crippen molar-refractivity contribution in [3.8, 4) is 16.8 Å². The highest BCUT2D eigenvalue weighted by atomic mass is 28.3. The zero-order valence-electron chi connectivity index (χ0n) is 60.1. The van der Waals surface area contributed by atoms with Gasteiger partial charge in [-0.3, -0.25) is 0 Å². The summed E-state index contributed by atoms with van der Waals surface area (Å²) in [6.45, 7) is -0.257. The Hall–Kier alpha value is -13.1. The molecule has 18 aromatic rings. The number of nitrogens with zero attached hydrogens (tertiary/aromatic N) is 3. The van der Waals surface area contributed by atoms with Crippen LogP contribution in [0.5, 0.6) is 0 Å². The first-order chi connectivity index (χ1) is 54.1. The molecule has 20 rings (SSSR count). The summed E-state index contributed by atoms with van der Waals surface area (Å²) in [4.78, 5) is 5.38. The molecule has 2 aliphatic heterocycles. The van der Waals surface area contributed by atoms with Crippen molar-refractivity contribution in [1.82, 2.24) is 4.57 Å². The fourth-order valence-corrected chi connectivity index (χ4v) is 33.2. The summed E-state index contributed by atoms with van der Waals surface area (Å²) in [6.07, 6.45) is 0. The van der Waals surface area contributed by atoms with Gasteiger partial charge in [0.1, 0.15) is 0 Å². The molecule has 0 radical (unpaired) electrons. The van der Waals surface area contributed by atoms with Crippen LogP contribution in [0.15, 0.2) is 449 Å². The topological polar surface area (TPSA) is 11.4 Å². The number of para-hydroxylation sites is 2. The molecule has 3 heterocycles. The van der Waals surface area contributed by atoms with Crippen molar-refractivity contribution >= 4 is 165 Å². The SMILES string of the molecule is c1ccc(-c2cccc(N3c4cc([Si](c5ccccc5)(c5ccccc5)c5ccccc5)ccc4B4c5ccc([Si](c6ccccc6)(c6ccccc6)c6ccccc6)cc5N(c5cccc([Si](c6ccccc6)(c6ccccc6)c6ccccc6)c5)c5cc(-n6c7ccccc7c7ccccc76)cc3c54)c2)cc1. The molecule has 0 saturated carbocycles. The number of rotatable bonds is 16. The van der Waals surface area contributed by atoms with Gasteiger partial charge < -0.3 is 14.4 Å². The van der Waals surface area contributed by atoms with E-state index in [1.54, 1.807) is 0 Å². The number of anilines is 6. The molecule has 0 aliphatic carbocycles. The van der Waals surface area contributed by atoms with Gasteiger partial charge >= 0.3 is 0 Å². The van der Waals surface area contributed by atoms with Crippen LogP contribution in [0.4, 0.5) is 34.1 Å². The summed E-state index contributed by atoms with van der Waals surface area (Å²) in [6, 6.07) is 172. The second-order valence-electron chi connectivity index (χ2n) is 28.9. The summed E-state index contributed by atoms with van der Waals surface area (Å²) >= 11 is 0. The van der Waals surface area contributed by atoms with Crippen molar-refractivity contribution in [2.45, 2.75) is 0 Å². The Morgan fingerprint density at radius 2 is 0.459 bits per heavy atom. The second-order valence-corrected chi connectivity index (χ2v) is 40.4. The molecule has 0 atom stereocenters. The van der Waals surface area contributed by atoms with Gasteiger partial charge in [0, 0.05) is 44.9 Å². The maximum atomic E-state index is 2.71. The van der Waals surface area contributed by atoms with E-state index in [9.17, 15) is 0 Å². The highest BCUT2D eigenvalue weighted by molar-refractivity contribution is 7.21. The monoisotopic (exact) mass is 1440 g/mol. The molecule has 7 heteroatoms. The fraction of sp³-hybridized carbons (Fsp3) is 0. The third kappa shape index (κ3) is 10.5. The summed E-state index contributed by atoms with van der Waals surface area (Å²) in [7, 11) is -9.53. The van der Waals surface area contributed by atoms with Gasteiger partial charge in [-0.1, -0.05) is 388 Å². The molecule has 0 spiro atoms. The number of benzene rings is 17. The molecule has 0 saturated heterocycles. The number of aromatic nitrogens is 1. The molecule has 1 aromatic heterocycles. The van der Waals surface area contributed by atoms with E-state index >= 15 is 0 Å². The third-order valence-corrected chi connectivity index (χ3v) is 37.7. The van der Waals surface area contributed by atoms with Crippen molar-refractivity contribution in [1.29, 1.82) is 0 Å². The van der Waals surface area contributed by atoms with Gasteiger partial charge in [0.05, 0.1) is 16.7 Å². The zero-order chi connectivity index (χ0) is 72.3. The van der Waals surface area contributed by atoms with Gasteiger partial charge in [-0.05, 0) is 150 Å².